The molecule has 2 atom stereocenters. The molecule has 6 heteroatoms. The van der Waals surface area contributed by atoms with Gasteiger partial charge in [-0.25, -0.2) is 4.79 Å². The number of nitrogens with zero attached hydrogens (tertiary/aromatic N) is 1. The van der Waals surface area contributed by atoms with Gasteiger partial charge in [0.05, 0.1) is 33.4 Å². The van der Waals surface area contributed by atoms with E-state index < -0.39 is 11.6 Å². The first-order valence-electron chi connectivity index (χ1n) is 10.9. The SMILES string of the molecule is COCCOCC[N+]1(C)CCC[C@@H]1COC(=O)C(O)(c1ccccc1)c1ccccc1. The van der Waals surface area contributed by atoms with Crippen LogP contribution in [0.3, 0.4) is 0 Å². The third kappa shape index (κ3) is 5.52. The monoisotopic (exact) mass is 428 g/mol. The van der Waals surface area contributed by atoms with Gasteiger partial charge in [-0.3, -0.25) is 0 Å². The number of carbonyl (C=O) groups excluding carboxylic acids is 1. The zero-order valence-corrected chi connectivity index (χ0v) is 18.5. The molecule has 0 spiro atoms. The Morgan fingerprint density at radius 2 is 1.65 bits per heavy atom. The van der Waals surface area contributed by atoms with Crippen molar-refractivity contribution in [1.82, 2.24) is 0 Å². The van der Waals surface area contributed by atoms with Crippen molar-refractivity contribution in [2.45, 2.75) is 24.5 Å². The van der Waals surface area contributed by atoms with Crippen LogP contribution in [0.15, 0.2) is 60.7 Å². The first-order valence-corrected chi connectivity index (χ1v) is 10.9. The van der Waals surface area contributed by atoms with Crippen LogP contribution in [0.5, 0.6) is 0 Å². The Kier molecular flexibility index (Phi) is 8.21. The van der Waals surface area contributed by atoms with Gasteiger partial charge in [0.1, 0.15) is 19.2 Å². The van der Waals surface area contributed by atoms with Crippen LogP contribution in [0.25, 0.3) is 0 Å². The molecule has 1 aliphatic heterocycles. The summed E-state index contributed by atoms with van der Waals surface area (Å²) in [5.41, 5.74) is -0.837. The highest BCUT2D eigenvalue weighted by molar-refractivity contribution is 5.85. The van der Waals surface area contributed by atoms with Gasteiger partial charge in [0.25, 0.3) is 0 Å². The average molecular weight is 429 g/mol. The molecule has 2 aromatic rings. The predicted octanol–water partition coefficient (Wildman–Crippen LogP) is 2.74. The van der Waals surface area contributed by atoms with Gasteiger partial charge in [-0.1, -0.05) is 60.7 Å². The molecule has 168 valence electrons. The van der Waals surface area contributed by atoms with Gasteiger partial charge in [0.2, 0.25) is 5.60 Å². The van der Waals surface area contributed by atoms with Crippen LogP contribution in [0, 0.1) is 0 Å². The predicted molar refractivity (Wildman–Crippen MR) is 118 cm³/mol. The second kappa shape index (κ2) is 10.9. The smallest absolute Gasteiger partial charge is 0.347 e. The van der Waals surface area contributed by atoms with Crippen molar-refractivity contribution in [3.8, 4) is 0 Å². The number of methoxy groups -OCH3 is 1. The molecular formula is C25H34NO5+. The van der Waals surface area contributed by atoms with Crippen LogP contribution in [-0.2, 0) is 24.6 Å². The summed E-state index contributed by atoms with van der Waals surface area (Å²) in [5.74, 6) is -0.639. The molecule has 2 aromatic carbocycles. The molecule has 1 N–H and O–H groups in total. The molecule has 0 aliphatic carbocycles. The number of hydrogen-bond donors (Lipinski definition) is 1. The summed E-state index contributed by atoms with van der Waals surface area (Å²) in [5, 5.41) is 11.5. The van der Waals surface area contributed by atoms with Gasteiger partial charge in [0, 0.05) is 20.0 Å². The Labute approximate surface area is 184 Å². The van der Waals surface area contributed by atoms with Crippen molar-refractivity contribution in [3.05, 3.63) is 71.8 Å². The quantitative estimate of drug-likeness (QED) is 0.339. The molecule has 1 unspecified atom stereocenters. The van der Waals surface area contributed by atoms with Gasteiger partial charge < -0.3 is 23.8 Å². The Morgan fingerprint density at radius 1 is 1.03 bits per heavy atom. The molecule has 0 amide bonds. The van der Waals surface area contributed by atoms with Crippen molar-refractivity contribution in [2.75, 3.05) is 53.7 Å². The fourth-order valence-corrected chi connectivity index (χ4v) is 4.29. The summed E-state index contributed by atoms with van der Waals surface area (Å²) in [7, 11) is 3.85. The number of likely N-dealkylation sites (N-methyl/N-ethyl adjacent to an activating group) is 1. The standard InChI is InChI=1S/C25H34NO5/c1-26(16-17-30-19-18-29-2)15-9-14-23(26)20-31-24(27)25(28,21-10-5-3-6-11-21)22-12-7-4-8-13-22/h3-8,10-13,23,28H,9,14-20H2,1-2H3/q+1/t23-,26?/m1/s1. The van der Waals surface area contributed by atoms with Crippen LogP contribution in [-0.4, -0.2) is 75.3 Å². The van der Waals surface area contributed by atoms with E-state index in [-0.39, 0.29) is 12.6 Å². The summed E-state index contributed by atoms with van der Waals surface area (Å²) in [6, 6.07) is 18.1. The van der Waals surface area contributed by atoms with Crippen molar-refractivity contribution >= 4 is 5.97 Å². The maximum Gasteiger partial charge on any atom is 0.347 e. The molecule has 1 fully saturated rings. The van der Waals surface area contributed by atoms with Gasteiger partial charge in [-0.15, -0.1) is 0 Å². The number of likely N-dealkylation sites (tertiary alicyclic amines) is 1. The van der Waals surface area contributed by atoms with Crippen LogP contribution in [0.2, 0.25) is 0 Å². The lowest BCUT2D eigenvalue weighted by Gasteiger charge is -2.36. The fraction of sp³-hybridized carbons (Fsp3) is 0.480. The van der Waals surface area contributed by atoms with Gasteiger partial charge in [0.15, 0.2) is 0 Å². The Balaban J connectivity index is 1.68. The fourth-order valence-electron chi connectivity index (χ4n) is 4.29. The number of benzene rings is 2. The zero-order valence-electron chi connectivity index (χ0n) is 18.5. The topological polar surface area (TPSA) is 65.0 Å². The van der Waals surface area contributed by atoms with Gasteiger partial charge >= 0.3 is 5.97 Å². The molecular weight excluding hydrogens is 394 g/mol. The summed E-state index contributed by atoms with van der Waals surface area (Å²) in [4.78, 5) is 13.2. The minimum atomic E-state index is -1.84. The summed E-state index contributed by atoms with van der Waals surface area (Å²) in [6.07, 6.45) is 2.06. The minimum Gasteiger partial charge on any atom is -0.457 e. The van der Waals surface area contributed by atoms with Gasteiger partial charge in [-0.05, 0) is 11.1 Å². The number of hydrogen-bond acceptors (Lipinski definition) is 5. The largest absolute Gasteiger partial charge is 0.457 e. The number of carbonyl (C=O) groups is 1. The summed E-state index contributed by atoms with van der Waals surface area (Å²) >= 11 is 0. The lowest BCUT2D eigenvalue weighted by Crippen LogP contribution is -2.52. The zero-order chi connectivity index (χ0) is 22.2. The Morgan fingerprint density at radius 3 is 2.23 bits per heavy atom. The van der Waals surface area contributed by atoms with E-state index in [4.69, 9.17) is 14.2 Å². The Hall–Kier alpha value is -2.25. The van der Waals surface area contributed by atoms with Gasteiger partial charge in [-0.2, -0.15) is 0 Å². The van der Waals surface area contributed by atoms with E-state index in [1.165, 1.54) is 0 Å². The second-order valence-electron chi connectivity index (χ2n) is 8.37. The van der Waals surface area contributed by atoms with Crippen molar-refractivity contribution in [3.63, 3.8) is 0 Å². The molecule has 31 heavy (non-hydrogen) atoms. The van der Waals surface area contributed by atoms with Crippen LogP contribution >= 0.6 is 0 Å². The van der Waals surface area contributed by atoms with E-state index in [0.29, 0.717) is 30.9 Å². The molecule has 0 aromatic heterocycles. The summed E-state index contributed by atoms with van der Waals surface area (Å²) in [6.45, 7) is 3.96. The second-order valence-corrected chi connectivity index (χ2v) is 8.37. The number of quaternary nitrogens is 1. The van der Waals surface area contributed by atoms with Crippen LogP contribution in [0.4, 0.5) is 0 Å². The van der Waals surface area contributed by atoms with E-state index in [2.05, 4.69) is 7.05 Å². The van der Waals surface area contributed by atoms with Crippen molar-refractivity contribution in [1.29, 1.82) is 0 Å². The molecule has 1 aliphatic rings. The van der Waals surface area contributed by atoms with Crippen LogP contribution < -0.4 is 0 Å². The highest BCUT2D eigenvalue weighted by Crippen LogP contribution is 2.32. The summed E-state index contributed by atoms with van der Waals surface area (Å²) < 4.78 is 17.3. The number of rotatable bonds is 11. The lowest BCUT2D eigenvalue weighted by atomic mass is 9.86. The van der Waals surface area contributed by atoms with E-state index in [0.717, 1.165) is 30.4 Å². The number of ether oxygens (including phenoxy) is 3. The van der Waals surface area contributed by atoms with Crippen LogP contribution in [0.1, 0.15) is 24.0 Å². The third-order valence-electron chi connectivity index (χ3n) is 6.35. The highest BCUT2D eigenvalue weighted by atomic mass is 16.6. The highest BCUT2D eigenvalue weighted by Gasteiger charge is 2.44. The molecule has 0 bridgehead atoms. The van der Waals surface area contributed by atoms with Crippen molar-refractivity contribution in [2.24, 2.45) is 0 Å². The molecule has 1 heterocycles. The molecule has 0 saturated carbocycles. The Bertz CT molecular complexity index is 774. The first kappa shape index (κ1) is 23.4. The average Bonchev–Trinajstić information content (AvgIpc) is 3.18. The molecule has 6 nitrogen and oxygen atoms in total. The maximum absolute atomic E-state index is 13.2. The number of aliphatic hydroxyl groups is 1. The van der Waals surface area contributed by atoms with Crippen molar-refractivity contribution < 1.29 is 28.6 Å². The van der Waals surface area contributed by atoms with E-state index in [1.54, 1.807) is 31.4 Å². The van der Waals surface area contributed by atoms with E-state index >= 15 is 0 Å². The minimum absolute atomic E-state index is 0.186. The normalized spacial score (nSPS) is 21.2. The third-order valence-corrected chi connectivity index (χ3v) is 6.35. The lowest BCUT2D eigenvalue weighted by molar-refractivity contribution is -0.921. The first-order chi connectivity index (χ1) is 15.0. The number of esters is 1. The molecule has 0 radical (unpaired) electrons. The maximum atomic E-state index is 13.2. The van der Waals surface area contributed by atoms with E-state index in [9.17, 15) is 9.90 Å². The molecule has 1 saturated heterocycles. The van der Waals surface area contributed by atoms with E-state index in [1.807, 2.05) is 36.4 Å². The molecule has 3 rings (SSSR count).